The van der Waals surface area contributed by atoms with Crippen molar-refractivity contribution in [2.75, 3.05) is 26.2 Å². The molecule has 140 valence electrons. The molecule has 1 aliphatic rings. The van der Waals surface area contributed by atoms with Crippen LogP contribution < -0.4 is 10.0 Å². The molecule has 1 amide bonds. The van der Waals surface area contributed by atoms with E-state index < -0.39 is 10.2 Å². The van der Waals surface area contributed by atoms with Crippen molar-refractivity contribution in [1.82, 2.24) is 14.3 Å². The molecule has 2 N–H and O–H groups in total. The Kier molecular flexibility index (Phi) is 6.92. The predicted molar refractivity (Wildman–Crippen MR) is 94.6 cm³/mol. The molecule has 0 bridgehead atoms. The Morgan fingerprint density at radius 1 is 1.24 bits per heavy atom. The second-order valence-corrected chi connectivity index (χ2v) is 8.57. The van der Waals surface area contributed by atoms with Crippen LogP contribution >= 0.6 is 0 Å². The number of hydrogen-bond acceptors (Lipinski definition) is 3. The zero-order valence-electron chi connectivity index (χ0n) is 14.7. The Morgan fingerprint density at radius 3 is 2.56 bits per heavy atom. The molecule has 1 heterocycles. The van der Waals surface area contributed by atoms with E-state index in [1.165, 1.54) is 16.4 Å². The van der Waals surface area contributed by atoms with Crippen molar-refractivity contribution in [3.05, 3.63) is 35.6 Å². The summed E-state index contributed by atoms with van der Waals surface area (Å²) in [4.78, 5) is 11.8. The van der Waals surface area contributed by atoms with Gasteiger partial charge in [-0.25, -0.2) is 9.11 Å². The van der Waals surface area contributed by atoms with Crippen LogP contribution in [-0.4, -0.2) is 44.8 Å². The second-order valence-electron chi connectivity index (χ2n) is 6.82. The van der Waals surface area contributed by atoms with Crippen molar-refractivity contribution in [3.63, 3.8) is 0 Å². The summed E-state index contributed by atoms with van der Waals surface area (Å²) in [5.74, 6) is 0.0191. The van der Waals surface area contributed by atoms with Crippen LogP contribution in [0.2, 0.25) is 0 Å². The van der Waals surface area contributed by atoms with Gasteiger partial charge < -0.3 is 5.32 Å². The van der Waals surface area contributed by atoms with E-state index >= 15 is 0 Å². The van der Waals surface area contributed by atoms with Gasteiger partial charge in [-0.1, -0.05) is 26.0 Å². The highest BCUT2D eigenvalue weighted by atomic mass is 32.2. The second kappa shape index (κ2) is 8.73. The molecule has 25 heavy (non-hydrogen) atoms. The fourth-order valence-electron chi connectivity index (χ4n) is 3.17. The topological polar surface area (TPSA) is 78.5 Å². The average Bonchev–Trinajstić information content (AvgIpc) is 2.51. The smallest absolute Gasteiger partial charge is 0.279 e. The van der Waals surface area contributed by atoms with Crippen molar-refractivity contribution in [1.29, 1.82) is 0 Å². The SMILES string of the molecule is C[C@@H]1C[C@@H](C)CN(S(=O)(=O)NCCNC(=O)Cc2cccc(F)c2)C1. The summed E-state index contributed by atoms with van der Waals surface area (Å²) in [6, 6.07) is 5.84. The van der Waals surface area contributed by atoms with Crippen LogP contribution in [0.4, 0.5) is 4.39 Å². The molecule has 0 saturated carbocycles. The molecular weight excluding hydrogens is 345 g/mol. The summed E-state index contributed by atoms with van der Waals surface area (Å²) in [5.41, 5.74) is 0.578. The number of carbonyl (C=O) groups is 1. The highest BCUT2D eigenvalue weighted by Gasteiger charge is 2.29. The van der Waals surface area contributed by atoms with Gasteiger partial charge in [-0.05, 0) is 36.0 Å². The van der Waals surface area contributed by atoms with Gasteiger partial charge in [0.1, 0.15) is 5.82 Å². The van der Waals surface area contributed by atoms with Crippen LogP contribution in [0.25, 0.3) is 0 Å². The maximum atomic E-state index is 13.1. The van der Waals surface area contributed by atoms with E-state index in [1.54, 1.807) is 12.1 Å². The number of hydrogen-bond donors (Lipinski definition) is 2. The molecule has 1 aromatic rings. The lowest BCUT2D eigenvalue weighted by Gasteiger charge is -2.33. The molecule has 2 rings (SSSR count). The van der Waals surface area contributed by atoms with E-state index in [0.29, 0.717) is 30.5 Å². The number of amides is 1. The van der Waals surface area contributed by atoms with E-state index in [0.717, 1.165) is 6.42 Å². The number of benzene rings is 1. The molecule has 0 radical (unpaired) electrons. The van der Waals surface area contributed by atoms with E-state index in [2.05, 4.69) is 10.0 Å². The number of rotatable bonds is 7. The van der Waals surface area contributed by atoms with Gasteiger partial charge in [-0.2, -0.15) is 12.7 Å². The molecule has 8 heteroatoms. The third-order valence-corrected chi connectivity index (χ3v) is 5.71. The highest BCUT2D eigenvalue weighted by Crippen LogP contribution is 2.22. The van der Waals surface area contributed by atoms with Gasteiger partial charge in [0.25, 0.3) is 10.2 Å². The molecule has 1 aromatic carbocycles. The summed E-state index contributed by atoms with van der Waals surface area (Å²) >= 11 is 0. The van der Waals surface area contributed by atoms with Crippen molar-refractivity contribution < 1.29 is 17.6 Å². The van der Waals surface area contributed by atoms with Crippen LogP contribution in [-0.2, 0) is 21.4 Å². The molecule has 1 aliphatic heterocycles. The lowest BCUT2D eigenvalue weighted by Crippen LogP contribution is -2.49. The standard InChI is InChI=1S/C17H26FN3O3S/c1-13-8-14(2)12-21(11-13)25(23,24)20-7-6-19-17(22)10-15-4-3-5-16(18)9-15/h3-5,9,13-14,20H,6-8,10-12H2,1-2H3,(H,19,22)/t13-,14-/m1/s1. The first-order valence-corrected chi connectivity index (χ1v) is 9.96. The normalized spacial score (nSPS) is 21.9. The minimum absolute atomic E-state index is 0.0612. The molecule has 6 nitrogen and oxygen atoms in total. The molecule has 0 aromatic heterocycles. The van der Waals surface area contributed by atoms with Crippen LogP contribution in [0, 0.1) is 17.7 Å². The first-order valence-electron chi connectivity index (χ1n) is 8.52. The predicted octanol–water partition coefficient (Wildman–Crippen LogP) is 1.30. The van der Waals surface area contributed by atoms with Crippen molar-refractivity contribution in [2.24, 2.45) is 11.8 Å². The van der Waals surface area contributed by atoms with E-state index in [4.69, 9.17) is 0 Å². The molecule has 0 spiro atoms. The third kappa shape index (κ3) is 6.37. The number of carbonyl (C=O) groups excluding carboxylic acids is 1. The summed E-state index contributed by atoms with van der Waals surface area (Å²) in [6.07, 6.45) is 1.09. The zero-order valence-corrected chi connectivity index (χ0v) is 15.5. The summed E-state index contributed by atoms with van der Waals surface area (Å²) < 4.78 is 41.7. The van der Waals surface area contributed by atoms with E-state index in [9.17, 15) is 17.6 Å². The van der Waals surface area contributed by atoms with Gasteiger partial charge >= 0.3 is 0 Å². The quantitative estimate of drug-likeness (QED) is 0.709. The first-order chi connectivity index (χ1) is 11.8. The summed E-state index contributed by atoms with van der Waals surface area (Å²) in [7, 11) is -3.53. The van der Waals surface area contributed by atoms with Crippen molar-refractivity contribution in [2.45, 2.75) is 26.7 Å². The zero-order chi connectivity index (χ0) is 18.4. The van der Waals surface area contributed by atoms with Crippen LogP contribution in [0.1, 0.15) is 25.8 Å². The highest BCUT2D eigenvalue weighted by molar-refractivity contribution is 7.87. The van der Waals surface area contributed by atoms with Crippen molar-refractivity contribution >= 4 is 16.1 Å². The molecule has 0 aliphatic carbocycles. The molecule has 1 saturated heterocycles. The molecule has 2 atom stereocenters. The molecule has 1 fully saturated rings. The molecular formula is C17H26FN3O3S. The van der Waals surface area contributed by atoms with Crippen LogP contribution in [0.5, 0.6) is 0 Å². The van der Waals surface area contributed by atoms with Crippen LogP contribution in [0.3, 0.4) is 0 Å². The van der Waals surface area contributed by atoms with Gasteiger partial charge in [-0.3, -0.25) is 4.79 Å². The minimum atomic E-state index is -3.53. The summed E-state index contributed by atoms with van der Waals surface area (Å²) in [6.45, 7) is 5.44. The molecule has 0 unspecified atom stereocenters. The monoisotopic (exact) mass is 371 g/mol. The number of nitrogens with zero attached hydrogens (tertiary/aromatic N) is 1. The largest absolute Gasteiger partial charge is 0.354 e. The van der Waals surface area contributed by atoms with E-state index in [1.807, 2.05) is 13.8 Å². The number of piperidine rings is 1. The number of nitrogens with one attached hydrogen (secondary N) is 2. The Morgan fingerprint density at radius 2 is 1.92 bits per heavy atom. The van der Waals surface area contributed by atoms with Gasteiger partial charge in [0.2, 0.25) is 5.91 Å². The Bertz CT molecular complexity index is 686. The lowest BCUT2D eigenvalue weighted by atomic mass is 9.94. The fraction of sp³-hybridized carbons (Fsp3) is 0.588. The number of halogens is 1. The maximum Gasteiger partial charge on any atom is 0.279 e. The minimum Gasteiger partial charge on any atom is -0.354 e. The Labute approximate surface area is 149 Å². The maximum absolute atomic E-state index is 13.1. The van der Waals surface area contributed by atoms with Gasteiger partial charge in [0, 0.05) is 26.2 Å². The van der Waals surface area contributed by atoms with Gasteiger partial charge in [-0.15, -0.1) is 0 Å². The Hall–Kier alpha value is -1.51. The van der Waals surface area contributed by atoms with E-state index in [-0.39, 0.29) is 31.2 Å². The van der Waals surface area contributed by atoms with Gasteiger partial charge in [0.15, 0.2) is 0 Å². The lowest BCUT2D eigenvalue weighted by molar-refractivity contribution is -0.120. The first kappa shape index (κ1) is 19.8. The van der Waals surface area contributed by atoms with Gasteiger partial charge in [0.05, 0.1) is 6.42 Å². The summed E-state index contributed by atoms with van der Waals surface area (Å²) in [5, 5.41) is 2.64. The average molecular weight is 371 g/mol. The van der Waals surface area contributed by atoms with Crippen LogP contribution in [0.15, 0.2) is 24.3 Å². The van der Waals surface area contributed by atoms with Crippen molar-refractivity contribution in [3.8, 4) is 0 Å². The third-order valence-electron chi connectivity index (χ3n) is 4.16. The Balaban J connectivity index is 1.73. The fourth-order valence-corrected chi connectivity index (χ4v) is 4.61.